The van der Waals surface area contributed by atoms with Gasteiger partial charge in [0.05, 0.1) is 0 Å². The van der Waals surface area contributed by atoms with Gasteiger partial charge in [0.25, 0.3) is 0 Å². The summed E-state index contributed by atoms with van der Waals surface area (Å²) < 4.78 is 0. The van der Waals surface area contributed by atoms with Crippen LogP contribution >= 0.6 is 0 Å². The summed E-state index contributed by atoms with van der Waals surface area (Å²) in [5.74, 6) is 0. The molecule has 1 N–H and O–H groups in total. The molecule has 1 aliphatic rings. The van der Waals surface area contributed by atoms with Gasteiger partial charge in [0, 0.05) is 6.04 Å². The smallest absolute Gasteiger partial charge is 0.0326 e. The normalized spacial score (nSPS) is 20.4. The summed E-state index contributed by atoms with van der Waals surface area (Å²) in [6, 6.07) is 13.8. The van der Waals surface area contributed by atoms with Crippen LogP contribution in [-0.2, 0) is 0 Å². The maximum absolute atomic E-state index is 3.58. The van der Waals surface area contributed by atoms with E-state index < -0.39 is 0 Å². The molecule has 0 aromatic heterocycles. The van der Waals surface area contributed by atoms with E-state index in [1.165, 1.54) is 34.7 Å². The SMILES string of the molecule is Cc1ccc(C2CCCN2)c2ccccc12. The van der Waals surface area contributed by atoms with E-state index in [4.69, 9.17) is 0 Å². The van der Waals surface area contributed by atoms with Gasteiger partial charge in [-0.05, 0) is 48.2 Å². The number of hydrogen-bond acceptors (Lipinski definition) is 1. The molecule has 0 aliphatic carbocycles. The molecule has 1 unspecified atom stereocenters. The van der Waals surface area contributed by atoms with Crippen LogP contribution in [0.2, 0.25) is 0 Å². The molecule has 0 saturated carbocycles. The lowest BCUT2D eigenvalue weighted by Crippen LogP contribution is -2.13. The third-order valence-electron chi connectivity index (χ3n) is 3.61. The highest BCUT2D eigenvalue weighted by Crippen LogP contribution is 2.31. The minimum Gasteiger partial charge on any atom is -0.310 e. The van der Waals surface area contributed by atoms with Crippen molar-refractivity contribution < 1.29 is 0 Å². The van der Waals surface area contributed by atoms with Gasteiger partial charge in [-0.1, -0.05) is 36.4 Å². The molecule has 3 rings (SSSR count). The average molecular weight is 211 g/mol. The molecule has 16 heavy (non-hydrogen) atoms. The molecule has 1 heteroatoms. The number of aryl methyl sites for hydroxylation is 1. The van der Waals surface area contributed by atoms with Crippen molar-refractivity contribution in [3.63, 3.8) is 0 Å². The Bertz CT molecular complexity index is 510. The first-order chi connectivity index (χ1) is 7.86. The fraction of sp³-hybridized carbons (Fsp3) is 0.333. The monoisotopic (exact) mass is 211 g/mol. The second kappa shape index (κ2) is 3.91. The van der Waals surface area contributed by atoms with Gasteiger partial charge in [0.15, 0.2) is 0 Å². The highest BCUT2D eigenvalue weighted by Gasteiger charge is 2.18. The molecular weight excluding hydrogens is 194 g/mol. The molecule has 0 radical (unpaired) electrons. The van der Waals surface area contributed by atoms with Crippen LogP contribution in [0.3, 0.4) is 0 Å². The number of nitrogens with one attached hydrogen (secondary N) is 1. The maximum atomic E-state index is 3.58. The van der Waals surface area contributed by atoms with Gasteiger partial charge in [0.2, 0.25) is 0 Å². The van der Waals surface area contributed by atoms with Crippen LogP contribution in [0.15, 0.2) is 36.4 Å². The van der Waals surface area contributed by atoms with Gasteiger partial charge in [-0.15, -0.1) is 0 Å². The quantitative estimate of drug-likeness (QED) is 0.760. The van der Waals surface area contributed by atoms with E-state index >= 15 is 0 Å². The molecule has 1 aliphatic heterocycles. The van der Waals surface area contributed by atoms with Crippen LogP contribution in [0, 0.1) is 6.92 Å². The van der Waals surface area contributed by atoms with E-state index in [-0.39, 0.29) is 0 Å². The minimum absolute atomic E-state index is 0.561. The first-order valence-corrected chi connectivity index (χ1v) is 6.08. The Balaban J connectivity index is 2.21. The van der Waals surface area contributed by atoms with E-state index in [9.17, 15) is 0 Å². The van der Waals surface area contributed by atoms with Crippen LogP contribution < -0.4 is 5.32 Å². The molecule has 1 atom stereocenters. The maximum Gasteiger partial charge on any atom is 0.0326 e. The third kappa shape index (κ3) is 1.52. The second-order valence-corrected chi connectivity index (χ2v) is 4.67. The van der Waals surface area contributed by atoms with Crippen LogP contribution in [0.5, 0.6) is 0 Å². The molecule has 1 heterocycles. The zero-order chi connectivity index (χ0) is 11.0. The number of fused-ring (bicyclic) bond motifs is 1. The molecule has 1 nitrogen and oxygen atoms in total. The van der Waals surface area contributed by atoms with Crippen LogP contribution in [0.25, 0.3) is 10.8 Å². The van der Waals surface area contributed by atoms with Crippen molar-refractivity contribution in [2.75, 3.05) is 6.54 Å². The summed E-state index contributed by atoms with van der Waals surface area (Å²) in [6.45, 7) is 3.35. The molecule has 0 amide bonds. The summed E-state index contributed by atoms with van der Waals surface area (Å²) in [4.78, 5) is 0. The van der Waals surface area contributed by atoms with Gasteiger partial charge in [-0.25, -0.2) is 0 Å². The van der Waals surface area contributed by atoms with Gasteiger partial charge >= 0.3 is 0 Å². The summed E-state index contributed by atoms with van der Waals surface area (Å²) in [5, 5.41) is 6.40. The Hall–Kier alpha value is -1.34. The van der Waals surface area contributed by atoms with Gasteiger partial charge in [-0.3, -0.25) is 0 Å². The molecule has 2 aromatic carbocycles. The summed E-state index contributed by atoms with van der Waals surface area (Å²) in [6.07, 6.45) is 2.57. The Kier molecular flexibility index (Phi) is 2.41. The van der Waals surface area contributed by atoms with Crippen molar-refractivity contribution in [1.82, 2.24) is 5.32 Å². The Morgan fingerprint density at radius 3 is 2.62 bits per heavy atom. The van der Waals surface area contributed by atoms with E-state index in [0.29, 0.717) is 6.04 Å². The van der Waals surface area contributed by atoms with Crippen molar-refractivity contribution >= 4 is 10.8 Å². The molecule has 1 saturated heterocycles. The Morgan fingerprint density at radius 2 is 1.88 bits per heavy atom. The number of rotatable bonds is 1. The van der Waals surface area contributed by atoms with Gasteiger partial charge < -0.3 is 5.32 Å². The third-order valence-corrected chi connectivity index (χ3v) is 3.61. The average Bonchev–Trinajstić information content (AvgIpc) is 2.83. The second-order valence-electron chi connectivity index (χ2n) is 4.67. The zero-order valence-electron chi connectivity index (χ0n) is 9.66. The molecule has 2 aromatic rings. The fourth-order valence-corrected chi connectivity index (χ4v) is 2.73. The largest absolute Gasteiger partial charge is 0.310 e. The highest BCUT2D eigenvalue weighted by atomic mass is 14.9. The molecular formula is C15H17N. The predicted octanol–water partition coefficient (Wildman–Crippen LogP) is 3.57. The standard InChI is InChI=1S/C15H17N/c1-11-8-9-14(15-7-4-10-16-15)13-6-3-2-5-12(11)13/h2-3,5-6,8-9,15-16H,4,7,10H2,1H3. The van der Waals surface area contributed by atoms with Crippen LogP contribution in [0.4, 0.5) is 0 Å². The Morgan fingerprint density at radius 1 is 1.06 bits per heavy atom. The Labute approximate surface area is 96.5 Å². The van der Waals surface area contributed by atoms with Gasteiger partial charge in [-0.2, -0.15) is 0 Å². The van der Waals surface area contributed by atoms with Crippen LogP contribution in [0.1, 0.15) is 30.0 Å². The summed E-state index contributed by atoms with van der Waals surface area (Å²) >= 11 is 0. The van der Waals surface area contributed by atoms with Gasteiger partial charge in [0.1, 0.15) is 0 Å². The van der Waals surface area contributed by atoms with E-state index in [0.717, 1.165) is 6.54 Å². The van der Waals surface area contributed by atoms with E-state index in [1.807, 2.05) is 0 Å². The summed E-state index contributed by atoms with van der Waals surface area (Å²) in [7, 11) is 0. The number of hydrogen-bond donors (Lipinski definition) is 1. The first-order valence-electron chi connectivity index (χ1n) is 6.08. The van der Waals surface area contributed by atoms with E-state index in [2.05, 4.69) is 48.6 Å². The zero-order valence-corrected chi connectivity index (χ0v) is 9.66. The fourth-order valence-electron chi connectivity index (χ4n) is 2.73. The lowest BCUT2D eigenvalue weighted by Gasteiger charge is -2.15. The highest BCUT2D eigenvalue weighted by molar-refractivity contribution is 5.88. The lowest BCUT2D eigenvalue weighted by molar-refractivity contribution is 0.653. The molecule has 0 bridgehead atoms. The molecule has 1 fully saturated rings. The lowest BCUT2D eigenvalue weighted by atomic mass is 9.95. The molecule has 0 spiro atoms. The predicted molar refractivity (Wildman–Crippen MR) is 68.7 cm³/mol. The molecule has 82 valence electrons. The number of benzene rings is 2. The van der Waals surface area contributed by atoms with Crippen molar-refractivity contribution in [3.05, 3.63) is 47.5 Å². The minimum atomic E-state index is 0.561. The van der Waals surface area contributed by atoms with Crippen molar-refractivity contribution in [2.24, 2.45) is 0 Å². The topological polar surface area (TPSA) is 12.0 Å². The van der Waals surface area contributed by atoms with Crippen molar-refractivity contribution in [2.45, 2.75) is 25.8 Å². The van der Waals surface area contributed by atoms with E-state index in [1.54, 1.807) is 0 Å². The first kappa shape index (κ1) is 9.86. The van der Waals surface area contributed by atoms with Crippen molar-refractivity contribution in [1.29, 1.82) is 0 Å². The van der Waals surface area contributed by atoms with Crippen molar-refractivity contribution in [3.8, 4) is 0 Å². The van der Waals surface area contributed by atoms with Crippen LogP contribution in [-0.4, -0.2) is 6.54 Å². The summed E-state index contributed by atoms with van der Waals surface area (Å²) in [5.41, 5.74) is 2.84.